The maximum absolute atomic E-state index is 13.3. The van der Waals surface area contributed by atoms with E-state index in [0.29, 0.717) is 11.6 Å². The zero-order chi connectivity index (χ0) is 15.2. The predicted octanol–water partition coefficient (Wildman–Crippen LogP) is 4.14. The van der Waals surface area contributed by atoms with Gasteiger partial charge in [-0.3, -0.25) is 0 Å². The summed E-state index contributed by atoms with van der Waals surface area (Å²) in [6, 6.07) is 10.1. The van der Waals surface area contributed by atoms with Crippen LogP contribution in [0.3, 0.4) is 0 Å². The molecule has 0 aliphatic carbocycles. The van der Waals surface area contributed by atoms with Gasteiger partial charge < -0.3 is 10.2 Å². The average Bonchev–Trinajstić information content (AvgIpc) is 2.48. The van der Waals surface area contributed by atoms with Crippen LogP contribution in [-0.2, 0) is 6.54 Å². The molecule has 1 heterocycles. The minimum atomic E-state index is -0.266. The highest BCUT2D eigenvalue weighted by atomic mass is 35.5. The molecule has 1 aromatic carbocycles. The van der Waals surface area contributed by atoms with Crippen LogP contribution >= 0.6 is 11.6 Å². The molecule has 0 radical (unpaired) electrons. The van der Waals surface area contributed by atoms with E-state index in [0.717, 1.165) is 30.2 Å². The first kappa shape index (κ1) is 15.7. The minimum absolute atomic E-state index is 0.266. The van der Waals surface area contributed by atoms with Crippen LogP contribution in [0.2, 0.25) is 5.02 Å². The summed E-state index contributed by atoms with van der Waals surface area (Å²) in [6.07, 6.45) is 1.06. The number of aromatic nitrogens is 1. The molecule has 21 heavy (non-hydrogen) atoms. The van der Waals surface area contributed by atoms with Crippen molar-refractivity contribution in [3.05, 3.63) is 52.9 Å². The first-order chi connectivity index (χ1) is 10.1. The summed E-state index contributed by atoms with van der Waals surface area (Å²) in [7, 11) is 1.86. The van der Waals surface area contributed by atoms with Crippen LogP contribution in [0.5, 0.6) is 0 Å². The summed E-state index contributed by atoms with van der Waals surface area (Å²) in [5.74, 6) is 0.469. The van der Waals surface area contributed by atoms with E-state index < -0.39 is 0 Å². The fraction of sp³-hybridized carbons (Fsp3) is 0.312. The topological polar surface area (TPSA) is 28.2 Å². The molecule has 5 heteroatoms. The number of rotatable bonds is 6. The molecular formula is C16H19ClFN3. The van der Waals surface area contributed by atoms with Gasteiger partial charge in [0, 0.05) is 19.3 Å². The number of anilines is 2. The molecule has 3 nitrogen and oxygen atoms in total. The Bertz CT molecular complexity index is 604. The molecule has 1 aromatic heterocycles. The first-order valence-electron chi connectivity index (χ1n) is 6.97. The Balaban J connectivity index is 2.21. The van der Waals surface area contributed by atoms with Gasteiger partial charge in [-0.15, -0.1) is 0 Å². The normalized spacial score (nSPS) is 10.7. The Hall–Kier alpha value is -1.65. The van der Waals surface area contributed by atoms with Crippen LogP contribution in [0, 0.1) is 5.82 Å². The van der Waals surface area contributed by atoms with Crippen LogP contribution in [-0.4, -0.2) is 18.6 Å². The summed E-state index contributed by atoms with van der Waals surface area (Å²) < 4.78 is 13.3. The lowest BCUT2D eigenvalue weighted by atomic mass is 10.2. The highest BCUT2D eigenvalue weighted by Gasteiger charge is 2.09. The monoisotopic (exact) mass is 307 g/mol. The highest BCUT2D eigenvalue weighted by Crippen LogP contribution is 2.25. The van der Waals surface area contributed by atoms with Crippen molar-refractivity contribution in [3.8, 4) is 0 Å². The quantitative estimate of drug-likeness (QED) is 0.813. The van der Waals surface area contributed by atoms with Gasteiger partial charge in [-0.05, 0) is 43.3 Å². The van der Waals surface area contributed by atoms with Crippen LogP contribution in [0.15, 0.2) is 36.4 Å². The number of halogens is 2. The molecule has 112 valence electrons. The van der Waals surface area contributed by atoms with Gasteiger partial charge in [0.25, 0.3) is 0 Å². The molecule has 0 aliphatic rings. The number of hydrogen-bond donors (Lipinski definition) is 1. The number of hydrogen-bond acceptors (Lipinski definition) is 3. The average molecular weight is 308 g/mol. The van der Waals surface area contributed by atoms with Crippen molar-refractivity contribution in [2.75, 3.05) is 18.5 Å². The molecule has 2 aromatic rings. The minimum Gasteiger partial charge on any atom is -0.329 e. The van der Waals surface area contributed by atoms with Gasteiger partial charge in [0.2, 0.25) is 0 Å². The summed E-state index contributed by atoms with van der Waals surface area (Å²) >= 11 is 6.17. The van der Waals surface area contributed by atoms with Gasteiger partial charge in [0.1, 0.15) is 11.6 Å². The smallest absolute Gasteiger partial charge is 0.133 e. The molecule has 0 aliphatic heterocycles. The van der Waals surface area contributed by atoms with E-state index in [1.807, 2.05) is 30.1 Å². The fourth-order valence-corrected chi connectivity index (χ4v) is 2.16. The molecule has 0 saturated carbocycles. The van der Waals surface area contributed by atoms with E-state index in [1.54, 1.807) is 6.07 Å². The maximum atomic E-state index is 13.3. The van der Waals surface area contributed by atoms with Crippen LogP contribution in [0.25, 0.3) is 0 Å². The second-order valence-corrected chi connectivity index (χ2v) is 5.22. The SMILES string of the molecule is CCCNCc1nc(N(C)c2cccc(F)c2)ccc1Cl. The lowest BCUT2D eigenvalue weighted by molar-refractivity contribution is 0.628. The second kappa shape index (κ2) is 7.38. The zero-order valence-electron chi connectivity index (χ0n) is 12.2. The van der Waals surface area contributed by atoms with E-state index in [9.17, 15) is 4.39 Å². The second-order valence-electron chi connectivity index (χ2n) is 4.81. The first-order valence-corrected chi connectivity index (χ1v) is 7.35. The number of pyridine rings is 1. The number of nitrogens with zero attached hydrogens (tertiary/aromatic N) is 2. The van der Waals surface area contributed by atoms with Gasteiger partial charge in [-0.25, -0.2) is 9.37 Å². The largest absolute Gasteiger partial charge is 0.329 e. The molecule has 0 unspecified atom stereocenters. The molecule has 0 bridgehead atoms. The molecule has 0 fully saturated rings. The number of benzene rings is 1. The third-order valence-corrected chi connectivity index (χ3v) is 3.51. The van der Waals surface area contributed by atoms with Gasteiger partial charge in [-0.1, -0.05) is 24.6 Å². The van der Waals surface area contributed by atoms with Gasteiger partial charge in [-0.2, -0.15) is 0 Å². The molecule has 0 saturated heterocycles. The maximum Gasteiger partial charge on any atom is 0.133 e. The van der Waals surface area contributed by atoms with Crippen molar-refractivity contribution < 1.29 is 4.39 Å². The van der Waals surface area contributed by atoms with E-state index in [-0.39, 0.29) is 5.82 Å². The molecule has 0 spiro atoms. The Labute approximate surface area is 129 Å². The van der Waals surface area contributed by atoms with E-state index in [1.165, 1.54) is 12.1 Å². The van der Waals surface area contributed by atoms with E-state index in [2.05, 4.69) is 17.2 Å². The standard InChI is InChI=1S/C16H19ClFN3/c1-3-9-19-11-15-14(17)7-8-16(20-15)21(2)13-6-4-5-12(18)10-13/h4-8,10,19H,3,9,11H2,1-2H3. The zero-order valence-corrected chi connectivity index (χ0v) is 13.0. The highest BCUT2D eigenvalue weighted by molar-refractivity contribution is 6.31. The van der Waals surface area contributed by atoms with Gasteiger partial charge in [0.05, 0.1) is 10.7 Å². The molecule has 0 amide bonds. The van der Waals surface area contributed by atoms with Gasteiger partial charge >= 0.3 is 0 Å². The van der Waals surface area contributed by atoms with Crippen molar-refractivity contribution in [1.82, 2.24) is 10.3 Å². The van der Waals surface area contributed by atoms with E-state index in [4.69, 9.17) is 11.6 Å². The Morgan fingerprint density at radius 2 is 2.10 bits per heavy atom. The van der Waals surface area contributed by atoms with Crippen LogP contribution in [0.1, 0.15) is 19.0 Å². The molecule has 0 atom stereocenters. The van der Waals surface area contributed by atoms with Crippen molar-refractivity contribution in [3.63, 3.8) is 0 Å². The lowest BCUT2D eigenvalue weighted by Gasteiger charge is -2.19. The van der Waals surface area contributed by atoms with Crippen molar-refractivity contribution in [2.45, 2.75) is 19.9 Å². The Kier molecular flexibility index (Phi) is 5.53. The third kappa shape index (κ3) is 4.16. The van der Waals surface area contributed by atoms with Crippen molar-refractivity contribution >= 4 is 23.1 Å². The molecule has 2 rings (SSSR count). The summed E-state index contributed by atoms with van der Waals surface area (Å²) in [5, 5.41) is 3.92. The lowest BCUT2D eigenvalue weighted by Crippen LogP contribution is -2.17. The summed E-state index contributed by atoms with van der Waals surface area (Å²) in [4.78, 5) is 6.40. The van der Waals surface area contributed by atoms with Gasteiger partial charge in [0.15, 0.2) is 0 Å². The van der Waals surface area contributed by atoms with Crippen molar-refractivity contribution in [2.24, 2.45) is 0 Å². The Morgan fingerprint density at radius 1 is 1.29 bits per heavy atom. The van der Waals surface area contributed by atoms with E-state index >= 15 is 0 Å². The van der Waals surface area contributed by atoms with Crippen molar-refractivity contribution in [1.29, 1.82) is 0 Å². The predicted molar refractivity (Wildman–Crippen MR) is 85.7 cm³/mol. The number of nitrogens with one attached hydrogen (secondary N) is 1. The Morgan fingerprint density at radius 3 is 2.81 bits per heavy atom. The third-order valence-electron chi connectivity index (χ3n) is 3.16. The van der Waals surface area contributed by atoms with Crippen LogP contribution < -0.4 is 10.2 Å². The summed E-state index contributed by atoms with van der Waals surface area (Å²) in [6.45, 7) is 3.65. The molecular weight excluding hydrogens is 289 g/mol. The van der Waals surface area contributed by atoms with Crippen LogP contribution in [0.4, 0.5) is 15.9 Å². The molecule has 1 N–H and O–H groups in total. The fourth-order valence-electron chi connectivity index (χ4n) is 1.98. The summed E-state index contributed by atoms with van der Waals surface area (Å²) in [5.41, 5.74) is 1.54.